The van der Waals surface area contributed by atoms with Gasteiger partial charge in [0.15, 0.2) is 9.84 Å². The van der Waals surface area contributed by atoms with Crippen LogP contribution < -0.4 is 10.6 Å². The van der Waals surface area contributed by atoms with E-state index >= 15 is 4.39 Å². The second-order valence-corrected chi connectivity index (χ2v) is 11.3. The summed E-state index contributed by atoms with van der Waals surface area (Å²) in [6.45, 7) is 0. The third kappa shape index (κ3) is 6.22. The number of nitrogens with one attached hydrogen (secondary N) is 2. The van der Waals surface area contributed by atoms with Crippen LogP contribution in [0.15, 0.2) is 88.4 Å². The quantitative estimate of drug-likeness (QED) is 0.273. The first-order valence-corrected chi connectivity index (χ1v) is 13.7. The van der Waals surface area contributed by atoms with Crippen molar-refractivity contribution in [3.8, 4) is 11.1 Å². The SMILES string of the molecule is CS(=O)(=O)c1ccccc1-c1ccc(C(=O)Nc2ccc(Cl)cc2C(=O)Nc2ccc(Br)cn2)c(F)c1. The van der Waals surface area contributed by atoms with Gasteiger partial charge in [-0.25, -0.2) is 17.8 Å². The van der Waals surface area contributed by atoms with Crippen molar-refractivity contribution >= 4 is 60.7 Å². The maximum atomic E-state index is 15.0. The number of carbonyl (C=O) groups is 2. The van der Waals surface area contributed by atoms with Crippen LogP contribution in [0.5, 0.6) is 0 Å². The number of rotatable bonds is 6. The summed E-state index contributed by atoms with van der Waals surface area (Å²) < 4.78 is 40.0. The number of amides is 2. The first kappa shape index (κ1) is 26.5. The molecule has 2 amide bonds. The van der Waals surface area contributed by atoms with E-state index in [2.05, 4.69) is 31.5 Å². The maximum Gasteiger partial charge on any atom is 0.258 e. The molecule has 0 radical (unpaired) electrons. The summed E-state index contributed by atoms with van der Waals surface area (Å²) in [4.78, 5) is 29.9. The maximum absolute atomic E-state index is 15.0. The van der Waals surface area contributed by atoms with E-state index in [1.165, 1.54) is 42.6 Å². The van der Waals surface area contributed by atoms with E-state index in [1.54, 1.807) is 30.3 Å². The van der Waals surface area contributed by atoms with Gasteiger partial charge >= 0.3 is 0 Å². The zero-order chi connectivity index (χ0) is 26.7. The summed E-state index contributed by atoms with van der Waals surface area (Å²) >= 11 is 9.33. The number of sulfone groups is 1. The van der Waals surface area contributed by atoms with Crippen molar-refractivity contribution in [2.24, 2.45) is 0 Å². The van der Waals surface area contributed by atoms with Gasteiger partial charge in [-0.05, 0) is 70.0 Å². The second kappa shape index (κ2) is 10.8. The molecule has 0 aliphatic heterocycles. The fourth-order valence-corrected chi connectivity index (χ4v) is 4.85. The number of carbonyl (C=O) groups excluding carboxylic acids is 2. The van der Waals surface area contributed by atoms with Gasteiger partial charge in [0.2, 0.25) is 0 Å². The van der Waals surface area contributed by atoms with Gasteiger partial charge in [0.25, 0.3) is 11.8 Å². The molecule has 0 saturated carbocycles. The molecule has 0 saturated heterocycles. The number of nitrogens with zero attached hydrogens (tertiary/aromatic N) is 1. The fraction of sp³-hybridized carbons (Fsp3) is 0.0385. The van der Waals surface area contributed by atoms with E-state index in [0.717, 1.165) is 16.8 Å². The van der Waals surface area contributed by atoms with Crippen LogP contribution in [0.4, 0.5) is 15.9 Å². The minimum atomic E-state index is -3.56. The highest BCUT2D eigenvalue weighted by atomic mass is 79.9. The molecule has 2 N–H and O–H groups in total. The standard InChI is InChI=1S/C26H18BrClFN3O4S/c1-37(35,36)23-5-3-2-4-18(23)15-6-9-19(21(29)12-15)25(33)31-22-10-8-17(28)13-20(22)26(34)32-24-11-7-16(27)14-30-24/h2-14H,1H3,(H,31,33)(H,30,32,34). The van der Waals surface area contributed by atoms with Gasteiger partial charge in [0.05, 0.1) is 21.7 Å². The van der Waals surface area contributed by atoms with Crippen molar-refractivity contribution in [3.63, 3.8) is 0 Å². The number of halogens is 3. The van der Waals surface area contributed by atoms with E-state index in [-0.39, 0.29) is 32.6 Å². The Hall–Kier alpha value is -3.60. The van der Waals surface area contributed by atoms with Gasteiger partial charge in [0.1, 0.15) is 11.6 Å². The minimum absolute atomic E-state index is 0.0451. The number of hydrogen-bond donors (Lipinski definition) is 2. The molecule has 0 aliphatic carbocycles. The van der Waals surface area contributed by atoms with Crippen LogP contribution in [0.2, 0.25) is 5.02 Å². The van der Waals surface area contributed by atoms with E-state index < -0.39 is 27.5 Å². The largest absolute Gasteiger partial charge is 0.321 e. The Kier molecular flexibility index (Phi) is 7.72. The van der Waals surface area contributed by atoms with Gasteiger partial charge in [-0.3, -0.25) is 9.59 Å². The number of hydrogen-bond acceptors (Lipinski definition) is 5. The van der Waals surface area contributed by atoms with E-state index in [0.29, 0.717) is 11.1 Å². The summed E-state index contributed by atoms with van der Waals surface area (Å²) in [7, 11) is -3.56. The monoisotopic (exact) mass is 601 g/mol. The predicted octanol–water partition coefficient (Wildman–Crippen LogP) is 6.21. The number of benzene rings is 3. The topological polar surface area (TPSA) is 105 Å². The Balaban J connectivity index is 1.61. The van der Waals surface area contributed by atoms with Gasteiger partial charge in [0, 0.05) is 27.5 Å². The van der Waals surface area contributed by atoms with Crippen molar-refractivity contribution in [2.75, 3.05) is 16.9 Å². The smallest absolute Gasteiger partial charge is 0.258 e. The molecule has 37 heavy (non-hydrogen) atoms. The lowest BCUT2D eigenvalue weighted by atomic mass is 10.0. The molecule has 0 atom stereocenters. The highest BCUT2D eigenvalue weighted by molar-refractivity contribution is 9.10. The van der Waals surface area contributed by atoms with Gasteiger partial charge < -0.3 is 10.6 Å². The Morgan fingerprint density at radius 1 is 0.919 bits per heavy atom. The summed E-state index contributed by atoms with van der Waals surface area (Å²) in [5.41, 5.74) is 0.466. The summed E-state index contributed by atoms with van der Waals surface area (Å²) in [6.07, 6.45) is 2.58. The first-order chi connectivity index (χ1) is 17.5. The van der Waals surface area contributed by atoms with Crippen LogP contribution >= 0.6 is 27.5 Å². The number of pyridine rings is 1. The molecule has 188 valence electrons. The lowest BCUT2D eigenvalue weighted by Crippen LogP contribution is -2.19. The molecule has 0 fully saturated rings. The zero-order valence-corrected chi connectivity index (χ0v) is 22.3. The molecule has 4 rings (SSSR count). The predicted molar refractivity (Wildman–Crippen MR) is 144 cm³/mol. The summed E-state index contributed by atoms with van der Waals surface area (Å²) in [5.74, 6) is -1.97. The van der Waals surface area contributed by atoms with Crippen molar-refractivity contribution < 1.29 is 22.4 Å². The minimum Gasteiger partial charge on any atom is -0.321 e. The van der Waals surface area contributed by atoms with Gasteiger partial charge in [-0.1, -0.05) is 35.9 Å². The second-order valence-electron chi connectivity index (χ2n) is 7.92. The molecule has 7 nitrogen and oxygen atoms in total. The van der Waals surface area contributed by atoms with Gasteiger partial charge in [-0.2, -0.15) is 0 Å². The molecule has 0 aliphatic rings. The Morgan fingerprint density at radius 2 is 1.65 bits per heavy atom. The molecule has 4 aromatic rings. The molecule has 1 heterocycles. The fourth-order valence-electron chi connectivity index (χ4n) is 3.53. The van der Waals surface area contributed by atoms with Crippen LogP contribution in [0, 0.1) is 5.82 Å². The highest BCUT2D eigenvalue weighted by Gasteiger charge is 2.20. The molecule has 0 bridgehead atoms. The van der Waals surface area contributed by atoms with E-state index in [1.807, 2.05) is 0 Å². The first-order valence-electron chi connectivity index (χ1n) is 10.7. The Bertz CT molecular complexity index is 1630. The Labute approximate surface area is 225 Å². The normalized spacial score (nSPS) is 11.1. The van der Waals surface area contributed by atoms with E-state index in [9.17, 15) is 18.0 Å². The molecule has 3 aromatic carbocycles. The summed E-state index contributed by atoms with van der Waals surface area (Å²) in [6, 6.07) is 17.6. The van der Waals surface area contributed by atoms with E-state index in [4.69, 9.17) is 11.6 Å². The Morgan fingerprint density at radius 3 is 2.32 bits per heavy atom. The average Bonchev–Trinajstić information content (AvgIpc) is 2.85. The average molecular weight is 603 g/mol. The van der Waals surface area contributed by atoms with Crippen molar-refractivity contribution in [1.29, 1.82) is 0 Å². The third-order valence-corrected chi connectivity index (χ3v) is 7.11. The number of anilines is 2. The van der Waals surface area contributed by atoms with Crippen molar-refractivity contribution in [3.05, 3.63) is 105 Å². The highest BCUT2D eigenvalue weighted by Crippen LogP contribution is 2.29. The van der Waals surface area contributed by atoms with Crippen LogP contribution in [-0.4, -0.2) is 31.5 Å². The lowest BCUT2D eigenvalue weighted by Gasteiger charge is -2.13. The molecule has 0 spiro atoms. The lowest BCUT2D eigenvalue weighted by molar-refractivity contribution is 0.102. The molecular formula is C26H18BrClFN3O4S. The van der Waals surface area contributed by atoms with Crippen LogP contribution in [-0.2, 0) is 9.84 Å². The molecule has 1 aromatic heterocycles. The van der Waals surface area contributed by atoms with Gasteiger partial charge in [-0.15, -0.1) is 0 Å². The third-order valence-electron chi connectivity index (χ3n) is 5.25. The van der Waals surface area contributed by atoms with Crippen molar-refractivity contribution in [1.82, 2.24) is 4.98 Å². The summed E-state index contributed by atoms with van der Waals surface area (Å²) in [5, 5.41) is 5.42. The van der Waals surface area contributed by atoms with Crippen molar-refractivity contribution in [2.45, 2.75) is 4.90 Å². The molecule has 11 heteroatoms. The van der Waals surface area contributed by atoms with Crippen LogP contribution in [0.25, 0.3) is 11.1 Å². The number of aromatic nitrogens is 1. The molecule has 0 unspecified atom stereocenters. The van der Waals surface area contributed by atoms with Crippen LogP contribution in [0.3, 0.4) is 0 Å². The van der Waals surface area contributed by atoms with Crippen LogP contribution in [0.1, 0.15) is 20.7 Å². The zero-order valence-electron chi connectivity index (χ0n) is 19.1. The molecular weight excluding hydrogens is 585 g/mol.